The molecule has 1 fully saturated rings. The Morgan fingerprint density at radius 3 is 2.75 bits per heavy atom. The van der Waals surface area contributed by atoms with Gasteiger partial charge in [0.25, 0.3) is 11.6 Å². The Kier molecular flexibility index (Phi) is 3.92. The van der Waals surface area contributed by atoms with Crippen LogP contribution < -0.4 is 5.32 Å². The van der Waals surface area contributed by atoms with Gasteiger partial charge >= 0.3 is 5.97 Å². The van der Waals surface area contributed by atoms with Gasteiger partial charge < -0.3 is 10.1 Å². The van der Waals surface area contributed by atoms with E-state index in [9.17, 15) is 24.1 Å². The molecule has 0 radical (unpaired) electrons. The highest BCUT2D eigenvalue weighted by molar-refractivity contribution is 5.95. The number of hydrogen-bond acceptors (Lipinski definition) is 5. The van der Waals surface area contributed by atoms with Gasteiger partial charge in [-0.3, -0.25) is 19.7 Å². The first-order valence-electron chi connectivity index (χ1n) is 5.88. The monoisotopic (exact) mass is 282 g/mol. The van der Waals surface area contributed by atoms with Crippen molar-refractivity contribution in [2.75, 3.05) is 11.9 Å². The van der Waals surface area contributed by atoms with Gasteiger partial charge in [-0.05, 0) is 25.0 Å². The number of nitrogens with zero attached hydrogens (tertiary/aromatic N) is 1. The Balaban J connectivity index is 1.96. The molecular weight excluding hydrogens is 271 g/mol. The minimum Gasteiger partial charge on any atom is -0.455 e. The van der Waals surface area contributed by atoms with E-state index in [1.165, 1.54) is 0 Å². The van der Waals surface area contributed by atoms with Gasteiger partial charge in [0.1, 0.15) is 11.5 Å². The summed E-state index contributed by atoms with van der Waals surface area (Å²) in [5, 5.41) is 12.9. The number of esters is 1. The Labute approximate surface area is 112 Å². The van der Waals surface area contributed by atoms with E-state index in [0.29, 0.717) is 6.07 Å². The smallest absolute Gasteiger partial charge is 0.309 e. The number of rotatable bonds is 5. The van der Waals surface area contributed by atoms with E-state index in [1.807, 2.05) is 0 Å². The van der Waals surface area contributed by atoms with Crippen LogP contribution in [0.15, 0.2) is 18.2 Å². The first-order valence-corrected chi connectivity index (χ1v) is 5.88. The molecule has 1 N–H and O–H groups in total. The van der Waals surface area contributed by atoms with Gasteiger partial charge in [0.05, 0.1) is 16.9 Å². The summed E-state index contributed by atoms with van der Waals surface area (Å²) in [4.78, 5) is 32.6. The predicted octanol–water partition coefficient (Wildman–Crippen LogP) is 1.63. The second-order valence-electron chi connectivity index (χ2n) is 4.35. The molecule has 0 aromatic heterocycles. The molecule has 1 aromatic rings. The molecule has 1 aliphatic rings. The molecule has 7 nitrogen and oxygen atoms in total. The SMILES string of the molecule is O=C(COC(=O)C1CC1)Nc1ccc(F)cc1[N+](=O)[O-]. The van der Waals surface area contributed by atoms with Crippen LogP contribution in [-0.2, 0) is 14.3 Å². The van der Waals surface area contributed by atoms with E-state index < -0.39 is 34.9 Å². The van der Waals surface area contributed by atoms with E-state index in [2.05, 4.69) is 5.32 Å². The lowest BCUT2D eigenvalue weighted by atomic mass is 10.2. The van der Waals surface area contributed by atoms with Gasteiger partial charge in [-0.2, -0.15) is 0 Å². The minimum absolute atomic E-state index is 0.136. The molecule has 0 aliphatic heterocycles. The number of amides is 1. The third kappa shape index (κ3) is 3.50. The molecule has 20 heavy (non-hydrogen) atoms. The third-order valence-electron chi connectivity index (χ3n) is 2.69. The highest BCUT2D eigenvalue weighted by Crippen LogP contribution is 2.30. The van der Waals surface area contributed by atoms with Crippen molar-refractivity contribution < 1.29 is 23.6 Å². The molecule has 1 saturated carbocycles. The number of halogens is 1. The van der Waals surface area contributed by atoms with Crippen molar-refractivity contribution in [1.82, 2.24) is 0 Å². The maximum absolute atomic E-state index is 12.9. The highest BCUT2D eigenvalue weighted by Gasteiger charge is 2.31. The number of benzene rings is 1. The number of ether oxygens (including phenoxy) is 1. The molecule has 0 saturated heterocycles. The highest BCUT2D eigenvalue weighted by atomic mass is 19.1. The fourth-order valence-electron chi connectivity index (χ4n) is 1.52. The zero-order valence-corrected chi connectivity index (χ0v) is 10.3. The fourth-order valence-corrected chi connectivity index (χ4v) is 1.52. The summed E-state index contributed by atoms with van der Waals surface area (Å²) in [6.07, 6.45) is 1.51. The molecule has 1 aromatic carbocycles. The summed E-state index contributed by atoms with van der Waals surface area (Å²) in [5.74, 6) is -2.08. The molecule has 8 heteroatoms. The molecule has 1 amide bonds. The average molecular weight is 282 g/mol. The zero-order valence-electron chi connectivity index (χ0n) is 10.3. The topological polar surface area (TPSA) is 98.5 Å². The third-order valence-corrected chi connectivity index (χ3v) is 2.69. The van der Waals surface area contributed by atoms with Crippen LogP contribution in [0.25, 0.3) is 0 Å². The van der Waals surface area contributed by atoms with Gasteiger partial charge in [0.15, 0.2) is 6.61 Å². The minimum atomic E-state index is -0.811. The van der Waals surface area contributed by atoms with Crippen LogP contribution in [0, 0.1) is 21.8 Å². The normalized spacial score (nSPS) is 13.7. The summed E-state index contributed by atoms with van der Waals surface area (Å²) in [6.45, 7) is -0.524. The van der Waals surface area contributed by atoms with Crippen LogP contribution in [0.3, 0.4) is 0 Å². The lowest BCUT2D eigenvalue weighted by molar-refractivity contribution is -0.384. The maximum atomic E-state index is 12.9. The molecule has 0 bridgehead atoms. The van der Waals surface area contributed by atoms with Crippen LogP contribution in [-0.4, -0.2) is 23.4 Å². The Morgan fingerprint density at radius 1 is 1.45 bits per heavy atom. The number of hydrogen-bond donors (Lipinski definition) is 1. The quantitative estimate of drug-likeness (QED) is 0.502. The largest absolute Gasteiger partial charge is 0.455 e. The summed E-state index contributed by atoms with van der Waals surface area (Å²) >= 11 is 0. The Morgan fingerprint density at radius 2 is 2.15 bits per heavy atom. The molecular formula is C12H11FN2O5. The lowest BCUT2D eigenvalue weighted by Crippen LogP contribution is -2.22. The van der Waals surface area contributed by atoms with Crippen LogP contribution in [0.1, 0.15) is 12.8 Å². The summed E-state index contributed by atoms with van der Waals surface area (Å²) in [5.41, 5.74) is -0.712. The lowest BCUT2D eigenvalue weighted by Gasteiger charge is -2.06. The van der Waals surface area contributed by atoms with Crippen molar-refractivity contribution in [3.05, 3.63) is 34.1 Å². The number of carbonyl (C=O) groups excluding carboxylic acids is 2. The number of nitro benzene ring substituents is 1. The fraction of sp³-hybridized carbons (Fsp3) is 0.333. The van der Waals surface area contributed by atoms with E-state index in [1.54, 1.807) is 0 Å². The number of carbonyl (C=O) groups is 2. The Hall–Kier alpha value is -2.51. The van der Waals surface area contributed by atoms with Crippen LogP contribution in [0.4, 0.5) is 15.8 Å². The second-order valence-corrected chi connectivity index (χ2v) is 4.35. The first kappa shape index (κ1) is 13.9. The number of anilines is 1. The van der Waals surface area contributed by atoms with E-state index in [-0.39, 0.29) is 11.6 Å². The molecule has 0 heterocycles. The van der Waals surface area contributed by atoms with Crippen molar-refractivity contribution in [2.24, 2.45) is 5.92 Å². The first-order chi connectivity index (χ1) is 9.47. The van der Waals surface area contributed by atoms with Gasteiger partial charge in [-0.15, -0.1) is 0 Å². The van der Waals surface area contributed by atoms with Crippen LogP contribution in [0.5, 0.6) is 0 Å². The van der Waals surface area contributed by atoms with Crippen LogP contribution in [0.2, 0.25) is 0 Å². The number of nitro groups is 1. The average Bonchev–Trinajstić information content (AvgIpc) is 3.22. The van der Waals surface area contributed by atoms with Gasteiger partial charge in [-0.1, -0.05) is 0 Å². The zero-order chi connectivity index (χ0) is 14.7. The summed E-state index contributed by atoms with van der Waals surface area (Å²) < 4.78 is 17.6. The van der Waals surface area contributed by atoms with Gasteiger partial charge in [-0.25, -0.2) is 4.39 Å². The van der Waals surface area contributed by atoms with Crippen molar-refractivity contribution in [1.29, 1.82) is 0 Å². The summed E-state index contributed by atoms with van der Waals surface area (Å²) in [7, 11) is 0. The van der Waals surface area contributed by atoms with Crippen LogP contribution >= 0.6 is 0 Å². The molecule has 0 atom stereocenters. The van der Waals surface area contributed by atoms with Crippen molar-refractivity contribution in [2.45, 2.75) is 12.8 Å². The van der Waals surface area contributed by atoms with Crippen molar-refractivity contribution >= 4 is 23.3 Å². The van der Waals surface area contributed by atoms with Crippen molar-refractivity contribution in [3.8, 4) is 0 Å². The van der Waals surface area contributed by atoms with Gasteiger partial charge in [0, 0.05) is 0 Å². The maximum Gasteiger partial charge on any atom is 0.309 e. The van der Waals surface area contributed by atoms with E-state index >= 15 is 0 Å². The van der Waals surface area contributed by atoms with E-state index in [0.717, 1.165) is 25.0 Å². The number of nitrogens with one attached hydrogen (secondary N) is 1. The predicted molar refractivity (Wildman–Crippen MR) is 65.4 cm³/mol. The molecule has 2 rings (SSSR count). The van der Waals surface area contributed by atoms with Gasteiger partial charge in [0.2, 0.25) is 0 Å². The molecule has 1 aliphatic carbocycles. The second kappa shape index (κ2) is 5.64. The van der Waals surface area contributed by atoms with Crippen molar-refractivity contribution in [3.63, 3.8) is 0 Å². The summed E-state index contributed by atoms with van der Waals surface area (Å²) in [6, 6.07) is 2.76. The molecule has 0 spiro atoms. The Bertz CT molecular complexity index is 571. The standard InChI is InChI=1S/C12H11FN2O5/c13-8-3-4-9(10(5-8)15(18)19)14-11(16)6-20-12(17)7-1-2-7/h3-5,7H,1-2,6H2,(H,14,16). The molecule has 0 unspecified atom stereocenters. The van der Waals surface area contributed by atoms with E-state index in [4.69, 9.17) is 4.74 Å². The molecule has 106 valence electrons.